The van der Waals surface area contributed by atoms with Gasteiger partial charge >= 0.3 is 5.97 Å². The van der Waals surface area contributed by atoms with Crippen LogP contribution in [0.2, 0.25) is 0 Å². The first kappa shape index (κ1) is 28.0. The van der Waals surface area contributed by atoms with Crippen LogP contribution in [-0.2, 0) is 35.6 Å². The monoisotopic (exact) mass is 529 g/mol. The molecule has 0 bridgehead atoms. The second-order valence-electron chi connectivity index (χ2n) is 10.1. The highest BCUT2D eigenvalue weighted by molar-refractivity contribution is 7.89. The fourth-order valence-electron chi connectivity index (χ4n) is 4.10. The van der Waals surface area contributed by atoms with Crippen LogP contribution in [0.15, 0.2) is 53.4 Å². The van der Waals surface area contributed by atoms with E-state index in [0.717, 1.165) is 10.5 Å². The van der Waals surface area contributed by atoms with Gasteiger partial charge in [-0.3, -0.25) is 14.4 Å². The van der Waals surface area contributed by atoms with E-state index in [2.05, 4.69) is 4.74 Å². The molecule has 1 atom stereocenters. The molecule has 0 aromatic heterocycles. The van der Waals surface area contributed by atoms with Crippen LogP contribution < -0.4 is 10.0 Å². The second-order valence-corrected chi connectivity index (χ2v) is 11.7. The number of benzene rings is 2. The molecule has 0 aliphatic carbocycles. The molecule has 37 heavy (non-hydrogen) atoms. The van der Waals surface area contributed by atoms with Crippen LogP contribution in [0.25, 0.3) is 0 Å². The minimum absolute atomic E-state index is 0.0256. The average molecular weight is 530 g/mol. The number of amides is 3. The summed E-state index contributed by atoms with van der Waals surface area (Å²) in [6.45, 7) is 5.88. The summed E-state index contributed by atoms with van der Waals surface area (Å²) in [5.74, 6) is -1.78. The number of nitrogens with two attached hydrogens (primary N) is 1. The quantitative estimate of drug-likeness (QED) is 0.408. The van der Waals surface area contributed by atoms with Crippen molar-refractivity contribution in [1.29, 1.82) is 0 Å². The van der Waals surface area contributed by atoms with Crippen molar-refractivity contribution in [3.63, 3.8) is 0 Å². The number of nitrogens with zero attached hydrogens (tertiary/aromatic N) is 2. The number of hydrogen-bond acceptors (Lipinski definition) is 7. The number of esters is 1. The Labute approximate surface area is 216 Å². The summed E-state index contributed by atoms with van der Waals surface area (Å²) in [5.41, 5.74) is 0.971. The maximum Gasteiger partial charge on any atom is 0.337 e. The van der Waals surface area contributed by atoms with Gasteiger partial charge in [0.2, 0.25) is 21.8 Å². The van der Waals surface area contributed by atoms with Gasteiger partial charge in [-0.25, -0.2) is 23.3 Å². The van der Waals surface area contributed by atoms with Crippen LogP contribution in [0.5, 0.6) is 0 Å². The summed E-state index contributed by atoms with van der Waals surface area (Å²) in [6.07, 6.45) is 0.341. The molecule has 10 nitrogen and oxygen atoms in total. The number of rotatable bonds is 8. The number of primary sulfonamides is 1. The third-order valence-electron chi connectivity index (χ3n) is 5.94. The Kier molecular flexibility index (Phi) is 8.19. The van der Waals surface area contributed by atoms with E-state index >= 15 is 0 Å². The van der Waals surface area contributed by atoms with Gasteiger partial charge in [0.25, 0.3) is 5.91 Å². The summed E-state index contributed by atoms with van der Waals surface area (Å²) in [6, 6.07) is 10.9. The topological polar surface area (TPSA) is 144 Å². The largest absolute Gasteiger partial charge is 0.465 e. The van der Waals surface area contributed by atoms with Crippen LogP contribution in [-0.4, -0.2) is 56.7 Å². The number of sulfonamides is 1. The second kappa shape index (κ2) is 10.8. The van der Waals surface area contributed by atoms with Gasteiger partial charge in [-0.2, -0.15) is 0 Å². The Morgan fingerprint density at radius 2 is 1.65 bits per heavy atom. The standard InChI is InChI=1S/C26H31N3O7S/c1-26(2,3)16-23(31)28(14-13-17-5-11-20(12-6-17)37(27,34)35)21-15-22(30)29(24(21)32)19-9-7-18(8-10-19)25(33)36-4/h5-12,21H,13-16H2,1-4H3,(H2,27,34,35). The first-order chi connectivity index (χ1) is 17.2. The van der Waals surface area contributed by atoms with Gasteiger partial charge in [-0.15, -0.1) is 0 Å². The Balaban J connectivity index is 1.84. The van der Waals surface area contributed by atoms with Gasteiger partial charge in [0.1, 0.15) is 6.04 Å². The van der Waals surface area contributed by atoms with Crippen molar-refractivity contribution in [2.45, 2.75) is 51.0 Å². The van der Waals surface area contributed by atoms with Crippen molar-refractivity contribution >= 4 is 39.4 Å². The molecular weight excluding hydrogens is 498 g/mol. The molecule has 198 valence electrons. The van der Waals surface area contributed by atoms with Crippen LogP contribution in [0, 0.1) is 5.41 Å². The minimum atomic E-state index is -3.83. The molecule has 2 aromatic rings. The Morgan fingerprint density at radius 3 is 2.16 bits per heavy atom. The highest BCUT2D eigenvalue weighted by atomic mass is 32.2. The molecule has 11 heteroatoms. The molecule has 1 heterocycles. The van der Waals surface area contributed by atoms with Crippen LogP contribution in [0.1, 0.15) is 49.5 Å². The van der Waals surface area contributed by atoms with E-state index in [1.54, 1.807) is 12.1 Å². The number of hydrogen-bond donors (Lipinski definition) is 1. The van der Waals surface area contributed by atoms with E-state index in [4.69, 9.17) is 5.14 Å². The highest BCUT2D eigenvalue weighted by Gasteiger charge is 2.44. The Hall–Kier alpha value is -3.57. The molecule has 3 amide bonds. The van der Waals surface area contributed by atoms with Crippen LogP contribution in [0.3, 0.4) is 0 Å². The summed E-state index contributed by atoms with van der Waals surface area (Å²) in [7, 11) is -2.57. The molecule has 3 rings (SSSR count). The number of ether oxygens (including phenoxy) is 1. The third-order valence-corrected chi connectivity index (χ3v) is 6.87. The zero-order valence-corrected chi connectivity index (χ0v) is 22.1. The van der Waals surface area contributed by atoms with E-state index in [9.17, 15) is 27.6 Å². The fourth-order valence-corrected chi connectivity index (χ4v) is 4.62. The van der Waals surface area contributed by atoms with Gasteiger partial charge in [0, 0.05) is 13.0 Å². The molecule has 1 unspecified atom stereocenters. The summed E-state index contributed by atoms with van der Waals surface area (Å²) >= 11 is 0. The maximum absolute atomic E-state index is 13.4. The molecule has 1 fully saturated rings. The molecule has 2 N–H and O–H groups in total. The van der Waals surface area contributed by atoms with Crippen LogP contribution >= 0.6 is 0 Å². The predicted molar refractivity (Wildman–Crippen MR) is 136 cm³/mol. The van der Waals surface area contributed by atoms with Crippen molar-refractivity contribution in [2.24, 2.45) is 10.6 Å². The molecule has 1 saturated heterocycles. The van der Waals surface area contributed by atoms with Crippen molar-refractivity contribution in [2.75, 3.05) is 18.6 Å². The highest BCUT2D eigenvalue weighted by Crippen LogP contribution is 2.29. The Bertz CT molecular complexity index is 1300. The lowest BCUT2D eigenvalue weighted by molar-refractivity contribution is -0.139. The maximum atomic E-state index is 13.4. The van der Waals surface area contributed by atoms with Gasteiger partial charge in [-0.05, 0) is 53.8 Å². The molecule has 2 aromatic carbocycles. The summed E-state index contributed by atoms with van der Waals surface area (Å²) in [5, 5.41) is 5.15. The lowest BCUT2D eigenvalue weighted by Gasteiger charge is -2.30. The van der Waals surface area contributed by atoms with E-state index in [1.807, 2.05) is 20.8 Å². The lowest BCUT2D eigenvalue weighted by Crippen LogP contribution is -2.47. The summed E-state index contributed by atoms with van der Waals surface area (Å²) in [4.78, 5) is 53.8. The molecule has 0 spiro atoms. The van der Waals surface area contributed by atoms with E-state index < -0.39 is 33.8 Å². The van der Waals surface area contributed by atoms with E-state index in [1.165, 1.54) is 48.4 Å². The number of carbonyl (C=O) groups excluding carboxylic acids is 4. The molecule has 0 saturated carbocycles. The lowest BCUT2D eigenvalue weighted by atomic mass is 9.91. The Morgan fingerprint density at radius 1 is 1.05 bits per heavy atom. The number of methoxy groups -OCH3 is 1. The first-order valence-corrected chi connectivity index (χ1v) is 13.2. The molecule has 0 radical (unpaired) electrons. The average Bonchev–Trinajstić information content (AvgIpc) is 3.11. The SMILES string of the molecule is COC(=O)c1ccc(N2C(=O)CC(N(CCc3ccc(S(N)(=O)=O)cc3)C(=O)CC(C)(C)C)C2=O)cc1. The van der Waals surface area contributed by atoms with Crippen molar-refractivity contribution in [1.82, 2.24) is 4.90 Å². The normalized spacial score (nSPS) is 16.1. The summed E-state index contributed by atoms with van der Waals surface area (Å²) < 4.78 is 27.7. The van der Waals surface area contributed by atoms with Crippen LogP contribution in [0.4, 0.5) is 5.69 Å². The van der Waals surface area contributed by atoms with Crippen molar-refractivity contribution < 1.29 is 32.3 Å². The fraction of sp³-hybridized carbons (Fsp3) is 0.385. The van der Waals surface area contributed by atoms with Gasteiger partial charge in [0.05, 0.1) is 29.7 Å². The van der Waals surface area contributed by atoms with E-state index in [0.29, 0.717) is 12.1 Å². The van der Waals surface area contributed by atoms with Crippen molar-refractivity contribution in [3.8, 4) is 0 Å². The first-order valence-electron chi connectivity index (χ1n) is 11.7. The van der Waals surface area contributed by atoms with Gasteiger partial charge < -0.3 is 9.64 Å². The number of anilines is 1. The smallest absolute Gasteiger partial charge is 0.337 e. The third kappa shape index (κ3) is 6.80. The zero-order valence-electron chi connectivity index (χ0n) is 21.3. The van der Waals surface area contributed by atoms with Gasteiger partial charge in [0.15, 0.2) is 0 Å². The number of carbonyl (C=O) groups is 4. The van der Waals surface area contributed by atoms with E-state index in [-0.39, 0.29) is 41.2 Å². The van der Waals surface area contributed by atoms with Gasteiger partial charge in [-0.1, -0.05) is 32.9 Å². The zero-order chi connectivity index (χ0) is 27.5. The molecular formula is C26H31N3O7S. The number of imide groups is 1. The molecule has 1 aliphatic heterocycles. The predicted octanol–water partition coefficient (Wildman–Crippen LogP) is 2.26. The minimum Gasteiger partial charge on any atom is -0.465 e. The van der Waals surface area contributed by atoms with Crippen molar-refractivity contribution in [3.05, 3.63) is 59.7 Å². The molecule has 1 aliphatic rings.